The van der Waals surface area contributed by atoms with Gasteiger partial charge in [0, 0.05) is 0 Å². The van der Waals surface area contributed by atoms with Gasteiger partial charge in [0.1, 0.15) is 17.7 Å². The topological polar surface area (TPSA) is 54.8 Å². The van der Waals surface area contributed by atoms with Gasteiger partial charge in [0.2, 0.25) is 6.73 Å². The molecule has 0 radical (unpaired) electrons. The molecule has 2 aromatic carbocycles. The van der Waals surface area contributed by atoms with Crippen LogP contribution in [0, 0.1) is 25.3 Å². The highest BCUT2D eigenvalue weighted by atomic mass is 31.2. The minimum Gasteiger partial charge on any atom is -0.453 e. The summed E-state index contributed by atoms with van der Waals surface area (Å²) in [4.78, 5) is 0. The smallest absolute Gasteiger partial charge is 0.453 e. The minimum absolute atomic E-state index is 0.314. The summed E-state index contributed by atoms with van der Waals surface area (Å²) in [5.41, 5.74) is 4.43. The summed E-state index contributed by atoms with van der Waals surface area (Å²) in [6.07, 6.45) is 6.02. The lowest BCUT2D eigenvalue weighted by Crippen LogP contribution is -2.30. The number of fused-ring (bicyclic) bond motifs is 2. The zero-order valence-corrected chi connectivity index (χ0v) is 19.9. The number of nitriles is 1. The summed E-state index contributed by atoms with van der Waals surface area (Å²) >= 11 is 0. The number of ether oxygens (including phenoxy) is 2. The van der Waals surface area contributed by atoms with Crippen LogP contribution in [0.1, 0.15) is 22.3 Å². The number of nitrogens with zero attached hydrogens (tertiary/aromatic N) is 5. The Morgan fingerprint density at radius 2 is 1.35 bits per heavy atom. The highest BCUT2D eigenvalue weighted by Crippen LogP contribution is 2.42. The molecule has 4 rings (SSSR count). The van der Waals surface area contributed by atoms with Crippen molar-refractivity contribution < 1.29 is 18.4 Å². The van der Waals surface area contributed by atoms with E-state index >= 15 is 0 Å². The molecular weight excluding hydrogens is 409 g/mol. The average Bonchev–Trinajstić information content (AvgIpc) is 2.74. The van der Waals surface area contributed by atoms with E-state index < -0.39 is 8.37 Å². The molecule has 0 spiro atoms. The lowest BCUT2D eigenvalue weighted by Gasteiger charge is -2.26. The van der Waals surface area contributed by atoms with Gasteiger partial charge in [-0.05, 0) is 65.3 Å². The Morgan fingerprint density at radius 3 is 1.87 bits per heavy atom. The van der Waals surface area contributed by atoms with E-state index in [-0.39, 0.29) is 0 Å². The molecule has 8 heteroatoms. The fourth-order valence-corrected chi connectivity index (χ4v) is 5.62. The van der Waals surface area contributed by atoms with Crippen LogP contribution in [0.25, 0.3) is 0 Å². The van der Waals surface area contributed by atoms with Crippen LogP contribution in [0.3, 0.4) is 0 Å². The number of aryl methyl sites for hydroxylation is 2. The molecule has 31 heavy (non-hydrogen) atoms. The molecule has 0 amide bonds. The van der Waals surface area contributed by atoms with Crippen molar-refractivity contribution in [3.05, 3.63) is 58.7 Å². The maximum Gasteiger partial charge on any atom is 0.461 e. The van der Waals surface area contributed by atoms with E-state index in [4.69, 9.17) is 14.7 Å². The first-order valence-corrected chi connectivity index (χ1v) is 11.2. The Kier molecular flexibility index (Phi) is 7.40. The summed E-state index contributed by atoms with van der Waals surface area (Å²) in [6, 6.07) is 12.1. The van der Waals surface area contributed by atoms with Gasteiger partial charge in [0.25, 0.3) is 6.73 Å². The largest absolute Gasteiger partial charge is 0.461 e. The van der Waals surface area contributed by atoms with Crippen molar-refractivity contribution in [2.24, 2.45) is 0 Å². The standard InChI is InChI=1S/C13H21N3OP.C10H9N2O/c1-11-7-6-8-12-9-16(10-17-13(11)12)18(14(2)3)15(4)5;1-8-3-2-4-9-5-12(6-11)7-13-10(8)9/h6-9H,10H2,1-5H3;2-5H,7H2,1H3/q2*+1. The first-order chi connectivity index (χ1) is 14.8. The van der Waals surface area contributed by atoms with Gasteiger partial charge in [0.15, 0.2) is 11.5 Å². The third kappa shape index (κ3) is 5.29. The van der Waals surface area contributed by atoms with Crippen LogP contribution in [-0.4, -0.2) is 72.3 Å². The zero-order chi connectivity index (χ0) is 22.5. The van der Waals surface area contributed by atoms with Gasteiger partial charge in [-0.1, -0.05) is 24.3 Å². The van der Waals surface area contributed by atoms with Crippen molar-refractivity contribution in [1.29, 1.82) is 5.26 Å². The summed E-state index contributed by atoms with van der Waals surface area (Å²) in [5.74, 6) is 1.90. The van der Waals surface area contributed by atoms with Crippen LogP contribution < -0.4 is 9.47 Å². The Hall–Kier alpha value is -2.78. The summed E-state index contributed by atoms with van der Waals surface area (Å²) in [7, 11) is 7.90. The average molecular weight is 440 g/mol. The fourth-order valence-electron chi connectivity index (χ4n) is 3.59. The molecule has 0 fully saturated rings. The van der Waals surface area contributed by atoms with Crippen molar-refractivity contribution in [3.63, 3.8) is 0 Å². The van der Waals surface area contributed by atoms with Crippen molar-refractivity contribution in [3.8, 4) is 17.7 Å². The number of rotatable bonds is 3. The Bertz CT molecular complexity index is 1050. The van der Waals surface area contributed by atoms with E-state index in [1.54, 1.807) is 6.21 Å². The van der Waals surface area contributed by atoms with E-state index in [1.165, 1.54) is 10.1 Å². The Balaban J connectivity index is 0.000000185. The molecule has 2 heterocycles. The maximum absolute atomic E-state index is 8.65. The van der Waals surface area contributed by atoms with Gasteiger partial charge >= 0.3 is 14.6 Å². The van der Waals surface area contributed by atoms with Gasteiger partial charge in [-0.25, -0.2) is 9.34 Å². The summed E-state index contributed by atoms with van der Waals surface area (Å²) in [5, 5.41) is 8.65. The van der Waals surface area contributed by atoms with E-state index in [0.29, 0.717) is 13.5 Å². The molecule has 0 aromatic heterocycles. The van der Waals surface area contributed by atoms with Gasteiger partial charge in [-0.15, -0.1) is 4.58 Å². The normalized spacial score (nSPS) is 14.3. The molecule has 2 aliphatic rings. The molecule has 0 saturated heterocycles. The van der Waals surface area contributed by atoms with E-state index in [0.717, 1.165) is 28.2 Å². The highest BCUT2D eigenvalue weighted by molar-refractivity contribution is 7.45. The van der Waals surface area contributed by atoms with Crippen molar-refractivity contribution in [2.75, 3.05) is 41.7 Å². The molecule has 0 atom stereocenters. The van der Waals surface area contributed by atoms with Crippen LogP contribution in [0.5, 0.6) is 11.5 Å². The minimum atomic E-state index is -0.511. The molecule has 0 saturated carbocycles. The summed E-state index contributed by atoms with van der Waals surface area (Å²) < 4.78 is 19.5. The molecule has 2 aromatic rings. The maximum atomic E-state index is 8.65. The monoisotopic (exact) mass is 439 g/mol. The lowest BCUT2D eigenvalue weighted by molar-refractivity contribution is -0.474. The van der Waals surface area contributed by atoms with Crippen LogP contribution in [0.15, 0.2) is 36.4 Å². The second kappa shape index (κ2) is 10.0. The molecule has 0 aliphatic carbocycles. The Labute approximate surface area is 186 Å². The molecule has 7 nitrogen and oxygen atoms in total. The second-order valence-electron chi connectivity index (χ2n) is 7.76. The third-order valence-electron chi connectivity index (χ3n) is 4.83. The predicted octanol–water partition coefficient (Wildman–Crippen LogP) is 3.38. The number of hydrogen-bond donors (Lipinski definition) is 0. The van der Waals surface area contributed by atoms with Gasteiger partial charge in [-0.2, -0.15) is 4.35 Å². The van der Waals surface area contributed by atoms with Crippen LogP contribution in [0.2, 0.25) is 0 Å². The quantitative estimate of drug-likeness (QED) is 0.417. The van der Waals surface area contributed by atoms with Crippen molar-refractivity contribution >= 4 is 20.8 Å². The molecule has 162 valence electrons. The molecule has 0 N–H and O–H groups in total. The first kappa shape index (κ1) is 22.9. The SMILES string of the molecule is Cc1cccc2c1OC[N+](C#N)=C2.Cc1cccc2c1OC[N+](P(N(C)C)N(C)C)=C2. The third-order valence-corrected chi connectivity index (χ3v) is 6.95. The van der Waals surface area contributed by atoms with E-state index in [1.807, 2.05) is 31.3 Å². The number of hydrogen-bond acceptors (Lipinski definition) is 5. The van der Waals surface area contributed by atoms with Crippen molar-refractivity contribution in [1.82, 2.24) is 9.34 Å². The Morgan fingerprint density at radius 1 is 0.839 bits per heavy atom. The molecule has 2 aliphatic heterocycles. The van der Waals surface area contributed by atoms with Crippen LogP contribution in [-0.2, 0) is 0 Å². The van der Waals surface area contributed by atoms with Gasteiger partial charge in [0.05, 0.1) is 11.1 Å². The number of benzene rings is 2. The molecular formula is C23H30N5O2P+2. The molecule has 0 unspecified atom stereocenters. The van der Waals surface area contributed by atoms with E-state index in [9.17, 15) is 0 Å². The van der Waals surface area contributed by atoms with E-state index in [2.05, 4.69) is 73.2 Å². The fraction of sp³-hybridized carbons (Fsp3) is 0.348. The highest BCUT2D eigenvalue weighted by Gasteiger charge is 2.32. The van der Waals surface area contributed by atoms with Crippen LogP contribution in [0.4, 0.5) is 0 Å². The van der Waals surface area contributed by atoms with Gasteiger partial charge < -0.3 is 9.47 Å². The zero-order valence-electron chi connectivity index (χ0n) is 19.0. The predicted molar refractivity (Wildman–Crippen MR) is 124 cm³/mol. The van der Waals surface area contributed by atoms with Crippen LogP contribution >= 0.6 is 8.37 Å². The number of para-hydroxylation sites is 2. The molecule has 0 bridgehead atoms. The van der Waals surface area contributed by atoms with Crippen molar-refractivity contribution in [2.45, 2.75) is 13.8 Å². The second-order valence-corrected chi connectivity index (χ2v) is 10.4. The lowest BCUT2D eigenvalue weighted by atomic mass is 10.1. The first-order valence-electron chi connectivity index (χ1n) is 10.0. The van der Waals surface area contributed by atoms with Gasteiger partial charge in [-0.3, -0.25) is 0 Å². The summed E-state index contributed by atoms with van der Waals surface area (Å²) in [6.45, 7) is 5.01.